The molecule has 1 atom stereocenters. The number of aromatic nitrogens is 1. The molecule has 1 heterocycles. The standard InChI is InChI=1S/C27H21Cl2N5O4S/c1-39(38,34-27(30)37)23-5-3-2-4-20(23)16-6-8-17(9-7-16)25(35)32-22-12-10-18(28)14-21(22)26(36)33-24-13-11-19(29)15-31-24/h2-15H,1H2,(H,32,35)(H,31,33,36)(H3,30,34,37,38). The van der Waals surface area contributed by atoms with Crippen molar-refractivity contribution < 1.29 is 18.6 Å². The van der Waals surface area contributed by atoms with Gasteiger partial charge in [0, 0.05) is 16.8 Å². The number of nitrogens with one attached hydrogen (secondary N) is 3. The lowest BCUT2D eigenvalue weighted by Gasteiger charge is -2.15. The molecule has 4 rings (SSSR count). The maximum atomic E-state index is 13.0. The molecule has 0 aliphatic rings. The third-order valence-electron chi connectivity index (χ3n) is 5.41. The third kappa shape index (κ3) is 6.74. The van der Waals surface area contributed by atoms with Gasteiger partial charge >= 0.3 is 6.03 Å². The van der Waals surface area contributed by atoms with Gasteiger partial charge in [-0.25, -0.2) is 14.0 Å². The van der Waals surface area contributed by atoms with Crippen molar-refractivity contribution in [3.05, 3.63) is 106 Å². The summed E-state index contributed by atoms with van der Waals surface area (Å²) in [5.74, 6) is 2.88. The fourth-order valence-corrected chi connectivity index (χ4v) is 5.21. The molecule has 39 heavy (non-hydrogen) atoms. The number of carbonyl (C=O) groups excluding carboxylic acids is 3. The van der Waals surface area contributed by atoms with Crippen LogP contribution in [0.25, 0.3) is 11.1 Å². The lowest BCUT2D eigenvalue weighted by Crippen LogP contribution is -2.35. The molecule has 12 heteroatoms. The second-order valence-electron chi connectivity index (χ2n) is 8.17. The molecule has 4 aromatic rings. The van der Waals surface area contributed by atoms with E-state index in [1.807, 2.05) is 0 Å². The van der Waals surface area contributed by atoms with Crippen LogP contribution in [0.15, 0.2) is 90.0 Å². The molecule has 0 bridgehead atoms. The van der Waals surface area contributed by atoms with Crippen molar-refractivity contribution in [2.75, 3.05) is 10.6 Å². The van der Waals surface area contributed by atoms with Crippen molar-refractivity contribution in [2.45, 2.75) is 4.90 Å². The Kier molecular flexibility index (Phi) is 8.20. The van der Waals surface area contributed by atoms with Crippen LogP contribution in [0.5, 0.6) is 0 Å². The molecular weight excluding hydrogens is 561 g/mol. The minimum absolute atomic E-state index is 0.130. The second kappa shape index (κ2) is 11.6. The van der Waals surface area contributed by atoms with E-state index in [0.29, 0.717) is 26.7 Å². The lowest BCUT2D eigenvalue weighted by atomic mass is 10.0. The van der Waals surface area contributed by atoms with Crippen LogP contribution in [0.2, 0.25) is 10.0 Å². The molecule has 1 aromatic heterocycles. The number of urea groups is 1. The van der Waals surface area contributed by atoms with Gasteiger partial charge in [-0.05, 0) is 65.5 Å². The molecule has 0 aliphatic heterocycles. The molecule has 0 saturated carbocycles. The molecule has 1 unspecified atom stereocenters. The Morgan fingerprint density at radius 2 is 1.54 bits per heavy atom. The number of amides is 4. The van der Waals surface area contributed by atoms with Gasteiger partial charge in [-0.1, -0.05) is 53.5 Å². The van der Waals surface area contributed by atoms with Crippen molar-refractivity contribution >= 4 is 68.1 Å². The summed E-state index contributed by atoms with van der Waals surface area (Å²) < 4.78 is 15.2. The summed E-state index contributed by atoms with van der Waals surface area (Å²) in [4.78, 5) is 41.6. The van der Waals surface area contributed by atoms with Gasteiger partial charge in [-0.15, -0.1) is 0 Å². The normalized spacial score (nSPS) is 12.2. The summed E-state index contributed by atoms with van der Waals surface area (Å²) in [6.07, 6.45) is 1.39. The van der Waals surface area contributed by atoms with Gasteiger partial charge < -0.3 is 16.4 Å². The first-order valence-corrected chi connectivity index (χ1v) is 13.7. The van der Waals surface area contributed by atoms with Crippen LogP contribution in [0.4, 0.5) is 16.3 Å². The third-order valence-corrected chi connectivity index (χ3v) is 7.47. The fourth-order valence-electron chi connectivity index (χ4n) is 3.65. The Morgan fingerprint density at radius 3 is 2.21 bits per heavy atom. The maximum absolute atomic E-state index is 13.0. The van der Waals surface area contributed by atoms with Gasteiger partial charge in [-0.2, -0.15) is 0 Å². The van der Waals surface area contributed by atoms with Crippen LogP contribution in [-0.2, 0) is 9.71 Å². The number of carbonyl (C=O) groups is 3. The monoisotopic (exact) mass is 581 g/mol. The van der Waals surface area contributed by atoms with Crippen molar-refractivity contribution in [2.24, 2.45) is 5.73 Å². The smallest absolute Gasteiger partial charge is 0.323 e. The van der Waals surface area contributed by atoms with Crippen LogP contribution in [-0.4, -0.2) is 32.9 Å². The van der Waals surface area contributed by atoms with Crippen LogP contribution in [0.1, 0.15) is 20.7 Å². The minimum Gasteiger partial charge on any atom is -0.351 e. The number of anilines is 2. The van der Waals surface area contributed by atoms with Gasteiger partial charge in [0.05, 0.1) is 30.9 Å². The van der Waals surface area contributed by atoms with E-state index in [1.54, 1.807) is 66.7 Å². The number of pyridine rings is 1. The Bertz CT molecular complexity index is 1680. The van der Waals surface area contributed by atoms with E-state index in [-0.39, 0.29) is 22.0 Å². The van der Waals surface area contributed by atoms with Gasteiger partial charge in [0.1, 0.15) is 5.82 Å². The van der Waals surface area contributed by atoms with Crippen molar-refractivity contribution in [1.29, 1.82) is 0 Å². The highest BCUT2D eigenvalue weighted by Crippen LogP contribution is 2.28. The van der Waals surface area contributed by atoms with Crippen molar-refractivity contribution in [3.63, 3.8) is 0 Å². The summed E-state index contributed by atoms with van der Waals surface area (Å²) in [6.45, 7) is 0. The van der Waals surface area contributed by atoms with Crippen LogP contribution in [0, 0.1) is 0 Å². The quantitative estimate of drug-likeness (QED) is 0.221. The zero-order valence-electron chi connectivity index (χ0n) is 20.1. The zero-order valence-corrected chi connectivity index (χ0v) is 22.4. The molecule has 3 aromatic carbocycles. The average molecular weight is 582 g/mol. The number of rotatable bonds is 7. The van der Waals surface area contributed by atoms with Crippen LogP contribution >= 0.6 is 23.2 Å². The average Bonchev–Trinajstić information content (AvgIpc) is 2.90. The molecule has 0 radical (unpaired) electrons. The maximum Gasteiger partial charge on any atom is 0.323 e. The lowest BCUT2D eigenvalue weighted by molar-refractivity contribution is 0.102. The van der Waals surface area contributed by atoms with E-state index in [4.69, 9.17) is 28.9 Å². The molecule has 0 spiro atoms. The Labute approximate surface area is 234 Å². The van der Waals surface area contributed by atoms with Gasteiger partial charge in [0.2, 0.25) is 0 Å². The predicted octanol–water partition coefficient (Wildman–Crippen LogP) is 5.22. The minimum atomic E-state index is -3.21. The second-order valence-corrected chi connectivity index (χ2v) is 11.0. The number of halogens is 2. The highest BCUT2D eigenvalue weighted by Gasteiger charge is 2.18. The molecular formula is C27H21Cl2N5O4S. The SMILES string of the molecule is C=S(=O)(NC(N)=O)c1ccccc1-c1ccc(C(=O)Nc2ccc(Cl)cc2C(=O)Nc2ccc(Cl)cn2)cc1. The Balaban J connectivity index is 1.56. The first-order valence-electron chi connectivity index (χ1n) is 11.2. The van der Waals surface area contributed by atoms with E-state index >= 15 is 0 Å². The van der Waals surface area contributed by atoms with Gasteiger partial charge in [0.15, 0.2) is 0 Å². The summed E-state index contributed by atoms with van der Waals surface area (Å²) in [5.41, 5.74) is 6.99. The molecule has 5 N–H and O–H groups in total. The summed E-state index contributed by atoms with van der Waals surface area (Å²) >= 11 is 11.9. The van der Waals surface area contributed by atoms with E-state index in [0.717, 1.165) is 0 Å². The number of primary amides is 1. The summed E-state index contributed by atoms with van der Waals surface area (Å²) in [7, 11) is -3.21. The van der Waals surface area contributed by atoms with Gasteiger partial charge in [-0.3, -0.25) is 14.3 Å². The summed E-state index contributed by atoms with van der Waals surface area (Å²) in [6, 6.07) is 19.8. The molecule has 0 aliphatic carbocycles. The zero-order chi connectivity index (χ0) is 28.2. The van der Waals surface area contributed by atoms with Crippen molar-refractivity contribution in [1.82, 2.24) is 9.71 Å². The molecule has 9 nitrogen and oxygen atoms in total. The van der Waals surface area contributed by atoms with Gasteiger partial charge in [0.25, 0.3) is 11.8 Å². The molecule has 0 saturated heterocycles. The fraction of sp³-hybridized carbons (Fsp3) is 0. The first kappa shape index (κ1) is 27.6. The molecule has 198 valence electrons. The first-order chi connectivity index (χ1) is 18.5. The number of benzene rings is 3. The largest absolute Gasteiger partial charge is 0.351 e. The Hall–Kier alpha value is -4.38. The van der Waals surface area contributed by atoms with E-state index in [9.17, 15) is 18.6 Å². The number of hydrogen-bond acceptors (Lipinski definition) is 5. The Morgan fingerprint density at radius 1 is 0.846 bits per heavy atom. The summed E-state index contributed by atoms with van der Waals surface area (Å²) in [5, 5.41) is 6.09. The highest BCUT2D eigenvalue weighted by molar-refractivity contribution is 7.99. The van der Waals surface area contributed by atoms with Crippen LogP contribution < -0.4 is 21.1 Å². The van der Waals surface area contributed by atoms with Crippen LogP contribution in [0.3, 0.4) is 0 Å². The number of nitrogens with two attached hydrogens (primary N) is 1. The van der Waals surface area contributed by atoms with E-state index in [2.05, 4.69) is 26.2 Å². The molecule has 0 fully saturated rings. The van der Waals surface area contributed by atoms with E-state index < -0.39 is 27.6 Å². The molecule has 4 amide bonds. The topological polar surface area (TPSA) is 143 Å². The number of nitrogens with zero attached hydrogens (tertiary/aromatic N) is 1. The van der Waals surface area contributed by atoms with E-state index in [1.165, 1.54) is 18.3 Å². The number of hydrogen-bond donors (Lipinski definition) is 4. The predicted molar refractivity (Wildman–Crippen MR) is 155 cm³/mol. The van der Waals surface area contributed by atoms with Crippen molar-refractivity contribution in [3.8, 4) is 11.1 Å². The highest BCUT2D eigenvalue weighted by atomic mass is 35.5.